The molecular weight excluding hydrogens is 404 g/mol. The lowest BCUT2D eigenvalue weighted by Crippen LogP contribution is -2.44. The summed E-state index contributed by atoms with van der Waals surface area (Å²) in [4.78, 5) is 72.0. The fraction of sp³-hybridized carbons (Fsp3) is 0.500. The lowest BCUT2D eigenvalue weighted by atomic mass is 9.96. The number of nitrogens with one attached hydrogen (secondary N) is 1. The van der Waals surface area contributed by atoms with Gasteiger partial charge in [-0.25, -0.2) is 29.0 Å². The van der Waals surface area contributed by atoms with Gasteiger partial charge in [0.05, 0.1) is 19.4 Å². The summed E-state index contributed by atoms with van der Waals surface area (Å²) in [5, 5.41) is 12.0. The molecule has 27 heavy (non-hydrogen) atoms. The van der Waals surface area contributed by atoms with E-state index < -0.39 is 71.7 Å². The normalized spacial score (nSPS) is 22.1. The van der Waals surface area contributed by atoms with Crippen LogP contribution in [0.5, 0.6) is 0 Å². The third-order valence-corrected chi connectivity index (χ3v) is 2.97. The molecule has 0 spiro atoms. The van der Waals surface area contributed by atoms with Crippen LogP contribution in [-0.4, -0.2) is 62.0 Å². The van der Waals surface area contributed by atoms with E-state index >= 15 is 0 Å². The molecule has 0 saturated carbocycles. The molecule has 1 atom stereocenters. The van der Waals surface area contributed by atoms with Crippen molar-refractivity contribution in [2.75, 3.05) is 13.1 Å². The molecule has 0 aromatic rings. The molecule has 0 aromatic heterocycles. The molecule has 0 aliphatic carbocycles. The number of carbonyl (C=O) groups is 5. The zero-order chi connectivity index (χ0) is 20.7. The third-order valence-electron chi connectivity index (χ3n) is 2.50. The molecule has 1 heterocycles. The summed E-state index contributed by atoms with van der Waals surface area (Å²) in [5.74, 6) is -7.03. The fourth-order valence-corrected chi connectivity index (χ4v) is 1.68. The van der Waals surface area contributed by atoms with Gasteiger partial charge in [-0.05, 0) is 8.67 Å². The summed E-state index contributed by atoms with van der Waals surface area (Å²) < 4.78 is 28.9. The molecule has 1 unspecified atom stereocenters. The zero-order valence-corrected chi connectivity index (χ0v) is 13.9. The van der Waals surface area contributed by atoms with Crippen LogP contribution in [-0.2, 0) is 62.6 Å². The summed E-state index contributed by atoms with van der Waals surface area (Å²) >= 11 is 0. The van der Waals surface area contributed by atoms with E-state index in [1.807, 2.05) is 5.32 Å². The number of aliphatic hydroxyl groups is 1. The van der Waals surface area contributed by atoms with Gasteiger partial charge in [-0.2, -0.15) is 8.42 Å². The predicted molar refractivity (Wildman–Crippen MR) is 71.7 cm³/mol. The van der Waals surface area contributed by atoms with E-state index in [0.29, 0.717) is 0 Å². The van der Waals surface area contributed by atoms with Crippen molar-refractivity contribution < 1.29 is 65.7 Å². The Hall–Kier alpha value is -2.86. The highest BCUT2D eigenvalue weighted by Gasteiger charge is 2.47. The number of rotatable bonds is 5. The Morgan fingerprint density at radius 2 is 1.74 bits per heavy atom. The number of hydrogen-bond acceptors (Lipinski definition) is 15. The Balaban J connectivity index is 2.66. The Kier molecular flexibility index (Phi) is 7.55. The van der Waals surface area contributed by atoms with Crippen molar-refractivity contribution in [2.45, 2.75) is 18.4 Å². The van der Waals surface area contributed by atoms with Crippen LogP contribution in [0.25, 0.3) is 0 Å². The SMILES string of the molecule is NCC(=O)NCC(=O)OOC(=O)CC1(O)CC(=O)OOS(=O)(=O)OOC1=O. The van der Waals surface area contributed by atoms with Gasteiger partial charge in [0, 0.05) is 0 Å². The van der Waals surface area contributed by atoms with Crippen LogP contribution in [0.15, 0.2) is 0 Å². The number of carbonyl (C=O) groups excluding carboxylic acids is 5. The monoisotopic (exact) mass is 416 g/mol. The topological polar surface area (TPSA) is 233 Å². The maximum atomic E-state index is 11.7. The van der Waals surface area contributed by atoms with Crippen molar-refractivity contribution in [1.29, 1.82) is 0 Å². The van der Waals surface area contributed by atoms with Crippen molar-refractivity contribution in [3.63, 3.8) is 0 Å². The Morgan fingerprint density at radius 1 is 1.15 bits per heavy atom. The smallest absolute Gasteiger partial charge is 0.377 e. The molecule has 1 aliphatic heterocycles. The van der Waals surface area contributed by atoms with Crippen molar-refractivity contribution in [1.82, 2.24) is 5.32 Å². The van der Waals surface area contributed by atoms with Gasteiger partial charge in [0.25, 0.3) is 0 Å². The standard InChI is InChI=1S/C10H12N2O14S/c11-3-5(13)12-4-8(16)22-21-6(14)1-10(18)2-7(15)23-25-27(19,20)26-24-9(10)17/h18H,1-4,11H2,(H,12,13). The summed E-state index contributed by atoms with van der Waals surface area (Å²) in [5.41, 5.74) is 1.94. The molecule has 16 nitrogen and oxygen atoms in total. The van der Waals surface area contributed by atoms with Gasteiger partial charge in [-0.15, -0.1) is 0 Å². The number of amides is 1. The van der Waals surface area contributed by atoms with E-state index in [-0.39, 0.29) is 0 Å². The molecule has 1 amide bonds. The molecular formula is C10H12N2O14S. The van der Waals surface area contributed by atoms with Gasteiger partial charge >= 0.3 is 34.3 Å². The first kappa shape index (κ1) is 22.2. The highest BCUT2D eigenvalue weighted by atomic mass is 32.3. The quantitative estimate of drug-likeness (QED) is 0.284. The predicted octanol–water partition coefficient (Wildman–Crippen LogP) is -4.22. The van der Waals surface area contributed by atoms with Gasteiger partial charge < -0.3 is 16.2 Å². The number of nitrogens with two attached hydrogens (primary N) is 1. The van der Waals surface area contributed by atoms with Crippen molar-refractivity contribution in [3.8, 4) is 0 Å². The van der Waals surface area contributed by atoms with E-state index in [1.165, 1.54) is 0 Å². The second-order valence-electron chi connectivity index (χ2n) is 4.65. The largest absolute Gasteiger partial charge is 0.471 e. The summed E-state index contributed by atoms with van der Waals surface area (Å²) in [6, 6.07) is 0. The van der Waals surface area contributed by atoms with Crippen LogP contribution in [0, 0.1) is 0 Å². The summed E-state index contributed by atoms with van der Waals surface area (Å²) in [7, 11) is -5.07. The average Bonchev–Trinajstić information content (AvgIpc) is 2.63. The average molecular weight is 416 g/mol. The van der Waals surface area contributed by atoms with Gasteiger partial charge in [0.2, 0.25) is 5.91 Å². The second-order valence-corrected chi connectivity index (χ2v) is 5.74. The van der Waals surface area contributed by atoms with Crippen LogP contribution < -0.4 is 11.1 Å². The molecule has 1 fully saturated rings. The van der Waals surface area contributed by atoms with Crippen LogP contribution in [0.1, 0.15) is 12.8 Å². The van der Waals surface area contributed by atoms with E-state index in [0.717, 1.165) is 0 Å². The first-order valence-electron chi connectivity index (χ1n) is 6.61. The molecule has 0 bridgehead atoms. The molecule has 4 N–H and O–H groups in total. The van der Waals surface area contributed by atoms with E-state index in [2.05, 4.69) is 28.2 Å². The Labute approximate surface area is 149 Å². The van der Waals surface area contributed by atoms with Gasteiger partial charge in [-0.1, -0.05) is 0 Å². The minimum atomic E-state index is -5.07. The fourth-order valence-electron chi connectivity index (χ4n) is 1.35. The Bertz CT molecular complexity index is 732. The first-order chi connectivity index (χ1) is 12.5. The summed E-state index contributed by atoms with van der Waals surface area (Å²) in [6.45, 7) is -1.13. The van der Waals surface area contributed by atoms with Gasteiger partial charge in [-0.3, -0.25) is 14.6 Å². The third kappa shape index (κ3) is 7.50. The van der Waals surface area contributed by atoms with E-state index in [4.69, 9.17) is 5.73 Å². The van der Waals surface area contributed by atoms with Gasteiger partial charge in [0.1, 0.15) is 6.54 Å². The maximum absolute atomic E-state index is 11.7. The molecule has 17 heteroatoms. The molecule has 1 aliphatic rings. The molecule has 1 rings (SSSR count). The lowest BCUT2D eigenvalue weighted by Gasteiger charge is -2.20. The zero-order valence-electron chi connectivity index (χ0n) is 13.1. The molecule has 152 valence electrons. The Morgan fingerprint density at radius 3 is 2.37 bits per heavy atom. The minimum Gasteiger partial charge on any atom is -0.377 e. The van der Waals surface area contributed by atoms with Crippen molar-refractivity contribution in [3.05, 3.63) is 0 Å². The highest BCUT2D eigenvalue weighted by molar-refractivity contribution is 7.81. The van der Waals surface area contributed by atoms with Crippen LogP contribution in [0.2, 0.25) is 0 Å². The minimum absolute atomic E-state index is 0.417. The van der Waals surface area contributed by atoms with E-state index in [1.54, 1.807) is 0 Å². The van der Waals surface area contributed by atoms with Crippen LogP contribution >= 0.6 is 0 Å². The van der Waals surface area contributed by atoms with Gasteiger partial charge in [0.15, 0.2) is 5.60 Å². The summed E-state index contributed by atoms with van der Waals surface area (Å²) in [6.07, 6.45) is -2.67. The molecule has 0 aromatic carbocycles. The lowest BCUT2D eigenvalue weighted by molar-refractivity contribution is -0.263. The number of hydrogen-bond donors (Lipinski definition) is 3. The highest BCUT2D eigenvalue weighted by Crippen LogP contribution is 2.22. The molecule has 0 radical (unpaired) electrons. The van der Waals surface area contributed by atoms with Crippen molar-refractivity contribution in [2.24, 2.45) is 5.73 Å². The maximum Gasteiger partial charge on any atom is 0.471 e. The van der Waals surface area contributed by atoms with E-state index in [9.17, 15) is 37.5 Å². The molecule has 1 saturated heterocycles. The first-order valence-corrected chi connectivity index (χ1v) is 7.94. The van der Waals surface area contributed by atoms with Crippen LogP contribution in [0.4, 0.5) is 0 Å². The van der Waals surface area contributed by atoms with Crippen LogP contribution in [0.3, 0.4) is 0 Å². The second kappa shape index (κ2) is 9.19. The van der Waals surface area contributed by atoms with Crippen molar-refractivity contribution >= 4 is 40.2 Å².